The van der Waals surface area contributed by atoms with Gasteiger partial charge in [0.2, 0.25) is 0 Å². The lowest BCUT2D eigenvalue weighted by Gasteiger charge is -2.08. The number of aromatic amines is 1. The molecule has 0 saturated carbocycles. The number of nitrogens with zero attached hydrogens (tertiary/aromatic N) is 2. The lowest BCUT2D eigenvalue weighted by molar-refractivity contribution is 0.618. The average Bonchev–Trinajstić information content (AvgIpc) is 3.25. The number of benzene rings is 1. The fourth-order valence-corrected chi connectivity index (χ4v) is 3.12. The van der Waals surface area contributed by atoms with Gasteiger partial charge in [0.05, 0.1) is 11.6 Å². The van der Waals surface area contributed by atoms with Crippen LogP contribution in [0.1, 0.15) is 23.9 Å². The Hall–Kier alpha value is -2.73. The lowest BCUT2D eigenvalue weighted by Crippen LogP contribution is -2.16. The van der Waals surface area contributed by atoms with Gasteiger partial charge >= 0.3 is 0 Å². The SMILES string of the molecule is CCNCCc1nc2nccc(C3=CC3Nc3ccc(F)c(C)c3)c2[nH]1. The second-order valence-electron chi connectivity index (χ2n) is 6.55. The molecule has 2 heterocycles. The van der Waals surface area contributed by atoms with E-state index >= 15 is 0 Å². The number of pyridine rings is 1. The van der Waals surface area contributed by atoms with Gasteiger partial charge in [-0.1, -0.05) is 13.0 Å². The molecule has 26 heavy (non-hydrogen) atoms. The molecule has 1 aromatic carbocycles. The van der Waals surface area contributed by atoms with Crippen LogP contribution in [0.15, 0.2) is 36.5 Å². The van der Waals surface area contributed by atoms with Gasteiger partial charge in [-0.15, -0.1) is 0 Å². The molecule has 1 unspecified atom stereocenters. The van der Waals surface area contributed by atoms with Crippen molar-refractivity contribution in [1.29, 1.82) is 0 Å². The van der Waals surface area contributed by atoms with Gasteiger partial charge in [0, 0.05) is 30.4 Å². The Labute approximate surface area is 151 Å². The third kappa shape index (κ3) is 3.32. The van der Waals surface area contributed by atoms with Gasteiger partial charge in [0.25, 0.3) is 0 Å². The van der Waals surface area contributed by atoms with Crippen LogP contribution in [0.5, 0.6) is 0 Å². The summed E-state index contributed by atoms with van der Waals surface area (Å²) in [4.78, 5) is 12.4. The molecule has 1 atom stereocenters. The highest BCUT2D eigenvalue weighted by atomic mass is 19.1. The molecule has 1 aliphatic rings. The van der Waals surface area contributed by atoms with Crippen molar-refractivity contribution in [3.8, 4) is 0 Å². The second kappa shape index (κ2) is 6.88. The average molecular weight is 351 g/mol. The molecular weight excluding hydrogens is 329 g/mol. The Morgan fingerprint density at radius 2 is 2.15 bits per heavy atom. The van der Waals surface area contributed by atoms with Crippen molar-refractivity contribution >= 4 is 22.4 Å². The summed E-state index contributed by atoms with van der Waals surface area (Å²) in [6.45, 7) is 5.70. The number of aryl methyl sites for hydroxylation is 1. The summed E-state index contributed by atoms with van der Waals surface area (Å²) < 4.78 is 13.4. The fourth-order valence-electron chi connectivity index (χ4n) is 3.12. The van der Waals surface area contributed by atoms with E-state index in [0.29, 0.717) is 5.56 Å². The first kappa shape index (κ1) is 16.7. The third-order valence-electron chi connectivity index (χ3n) is 4.59. The molecule has 4 rings (SSSR count). The van der Waals surface area contributed by atoms with Crippen LogP contribution in [0.25, 0.3) is 16.7 Å². The van der Waals surface area contributed by atoms with Crippen LogP contribution in [0.2, 0.25) is 0 Å². The molecule has 3 N–H and O–H groups in total. The number of hydrogen-bond acceptors (Lipinski definition) is 4. The first-order chi connectivity index (χ1) is 12.7. The number of nitrogens with one attached hydrogen (secondary N) is 3. The highest BCUT2D eigenvalue weighted by molar-refractivity contribution is 5.96. The van der Waals surface area contributed by atoms with Crippen molar-refractivity contribution in [3.05, 3.63) is 59.3 Å². The zero-order valence-corrected chi connectivity index (χ0v) is 14.9. The van der Waals surface area contributed by atoms with Crippen molar-refractivity contribution in [2.24, 2.45) is 0 Å². The monoisotopic (exact) mass is 351 g/mol. The number of likely N-dealkylation sites (N-methyl/N-ethyl adjacent to an activating group) is 1. The van der Waals surface area contributed by atoms with Crippen LogP contribution in [-0.4, -0.2) is 34.1 Å². The maximum Gasteiger partial charge on any atom is 0.178 e. The lowest BCUT2D eigenvalue weighted by atomic mass is 10.1. The zero-order chi connectivity index (χ0) is 18.1. The van der Waals surface area contributed by atoms with E-state index in [2.05, 4.69) is 38.6 Å². The number of halogens is 1. The Morgan fingerprint density at radius 1 is 1.27 bits per heavy atom. The van der Waals surface area contributed by atoms with Gasteiger partial charge < -0.3 is 15.6 Å². The maximum atomic E-state index is 13.4. The van der Waals surface area contributed by atoms with Crippen molar-refractivity contribution in [2.45, 2.75) is 26.3 Å². The van der Waals surface area contributed by atoms with Crippen molar-refractivity contribution < 1.29 is 4.39 Å². The quantitative estimate of drug-likeness (QED) is 0.571. The first-order valence-electron chi connectivity index (χ1n) is 8.95. The number of fused-ring (bicyclic) bond motifs is 1. The summed E-state index contributed by atoms with van der Waals surface area (Å²) in [5.74, 6) is 0.763. The number of rotatable bonds is 7. The minimum Gasteiger partial charge on any atom is -0.375 e. The minimum absolute atomic E-state index is 0.152. The molecule has 0 fully saturated rings. The van der Waals surface area contributed by atoms with Crippen LogP contribution in [0.3, 0.4) is 0 Å². The Morgan fingerprint density at radius 3 is 2.96 bits per heavy atom. The highest BCUT2D eigenvalue weighted by Crippen LogP contribution is 2.37. The molecular formula is C20H22FN5. The molecule has 0 aliphatic heterocycles. The molecule has 134 valence electrons. The summed E-state index contributed by atoms with van der Waals surface area (Å²) in [5, 5.41) is 6.73. The smallest absolute Gasteiger partial charge is 0.178 e. The summed E-state index contributed by atoms with van der Waals surface area (Å²) in [6, 6.07) is 7.26. The zero-order valence-electron chi connectivity index (χ0n) is 14.9. The normalized spacial score (nSPS) is 16.0. The summed E-state index contributed by atoms with van der Waals surface area (Å²) in [7, 11) is 0. The number of imidazole rings is 1. The predicted molar refractivity (Wildman–Crippen MR) is 103 cm³/mol. The van der Waals surface area contributed by atoms with E-state index in [-0.39, 0.29) is 11.9 Å². The van der Waals surface area contributed by atoms with Gasteiger partial charge in [-0.05, 0) is 48.9 Å². The van der Waals surface area contributed by atoms with Gasteiger partial charge in [-0.3, -0.25) is 0 Å². The summed E-state index contributed by atoms with van der Waals surface area (Å²) in [5.41, 5.74) is 5.61. The maximum absolute atomic E-state index is 13.4. The van der Waals surface area contributed by atoms with Gasteiger partial charge in [-0.2, -0.15) is 0 Å². The standard InChI is InChI=1S/C20H22FN5/c1-3-22-8-7-18-25-19-14(6-9-23-20(19)26-18)15-11-17(15)24-13-4-5-16(21)12(2)10-13/h4-6,9-11,17,22,24H,3,7-8H2,1-2H3,(H,23,25,26). The van der Waals surface area contributed by atoms with Gasteiger partial charge in [-0.25, -0.2) is 14.4 Å². The largest absolute Gasteiger partial charge is 0.375 e. The number of H-pyrrole nitrogens is 1. The Bertz CT molecular complexity index is 975. The molecule has 0 bridgehead atoms. The van der Waals surface area contributed by atoms with Crippen molar-refractivity contribution in [3.63, 3.8) is 0 Å². The van der Waals surface area contributed by atoms with Crippen LogP contribution in [0, 0.1) is 12.7 Å². The van der Waals surface area contributed by atoms with Gasteiger partial charge in [0.15, 0.2) is 5.65 Å². The van der Waals surface area contributed by atoms with E-state index in [1.807, 2.05) is 12.1 Å². The van der Waals surface area contributed by atoms with Crippen LogP contribution < -0.4 is 10.6 Å². The number of anilines is 1. The second-order valence-corrected chi connectivity index (χ2v) is 6.55. The molecule has 2 aromatic heterocycles. The van der Waals surface area contributed by atoms with E-state index in [4.69, 9.17) is 0 Å². The molecule has 0 radical (unpaired) electrons. The molecule has 5 nitrogen and oxygen atoms in total. The fraction of sp³-hybridized carbons (Fsp3) is 0.300. The van der Waals surface area contributed by atoms with Crippen molar-refractivity contribution in [2.75, 3.05) is 18.4 Å². The molecule has 0 spiro atoms. The topological polar surface area (TPSA) is 65.6 Å². The van der Waals surface area contributed by atoms with E-state index < -0.39 is 0 Å². The minimum atomic E-state index is -0.182. The molecule has 0 saturated heterocycles. The molecule has 3 aromatic rings. The summed E-state index contributed by atoms with van der Waals surface area (Å²) >= 11 is 0. The van der Waals surface area contributed by atoms with Crippen LogP contribution >= 0.6 is 0 Å². The van der Waals surface area contributed by atoms with Gasteiger partial charge in [0.1, 0.15) is 11.6 Å². The highest BCUT2D eigenvalue weighted by Gasteiger charge is 2.28. The van der Waals surface area contributed by atoms with E-state index in [9.17, 15) is 4.39 Å². The van der Waals surface area contributed by atoms with Crippen molar-refractivity contribution in [1.82, 2.24) is 20.3 Å². The third-order valence-corrected chi connectivity index (χ3v) is 4.59. The summed E-state index contributed by atoms with van der Waals surface area (Å²) in [6.07, 6.45) is 4.80. The van der Waals surface area contributed by atoms with E-state index in [0.717, 1.165) is 47.7 Å². The first-order valence-corrected chi connectivity index (χ1v) is 8.95. The number of aromatic nitrogens is 3. The molecule has 0 amide bonds. The Balaban J connectivity index is 1.50. The van der Waals surface area contributed by atoms with E-state index in [1.165, 1.54) is 11.6 Å². The Kier molecular flexibility index (Phi) is 4.42. The van der Waals surface area contributed by atoms with Crippen LogP contribution in [-0.2, 0) is 6.42 Å². The number of hydrogen-bond donors (Lipinski definition) is 3. The molecule has 6 heteroatoms. The molecule has 1 aliphatic carbocycles. The van der Waals surface area contributed by atoms with Crippen LogP contribution in [0.4, 0.5) is 10.1 Å². The predicted octanol–water partition coefficient (Wildman–Crippen LogP) is 3.44. The van der Waals surface area contributed by atoms with E-state index in [1.54, 1.807) is 19.2 Å².